The first-order valence-electron chi connectivity index (χ1n) is 9.48. The van der Waals surface area contributed by atoms with Crippen LogP contribution in [0.1, 0.15) is 23.5 Å². The Kier molecular flexibility index (Phi) is 7.27. The Balaban J connectivity index is 1.68. The highest BCUT2D eigenvalue weighted by Crippen LogP contribution is 2.33. The third-order valence-corrected chi connectivity index (χ3v) is 5.49. The number of carbonyl (C=O) groups is 1. The van der Waals surface area contributed by atoms with E-state index in [-0.39, 0.29) is 11.8 Å². The van der Waals surface area contributed by atoms with E-state index < -0.39 is 0 Å². The molecule has 0 saturated carbocycles. The number of morpholine rings is 1. The van der Waals surface area contributed by atoms with Crippen molar-refractivity contribution in [2.24, 2.45) is 0 Å². The van der Waals surface area contributed by atoms with Crippen molar-refractivity contribution in [3.63, 3.8) is 0 Å². The lowest BCUT2D eigenvalue weighted by Gasteiger charge is -2.29. The third-order valence-electron chi connectivity index (χ3n) is 5.14. The van der Waals surface area contributed by atoms with Gasteiger partial charge in [-0.1, -0.05) is 60.1 Å². The van der Waals surface area contributed by atoms with Crippen molar-refractivity contribution in [3.05, 3.63) is 70.7 Å². The van der Waals surface area contributed by atoms with E-state index in [1.165, 1.54) is 0 Å². The van der Waals surface area contributed by atoms with Crippen LogP contribution >= 0.6 is 11.6 Å². The van der Waals surface area contributed by atoms with E-state index in [0.717, 1.165) is 50.5 Å². The van der Waals surface area contributed by atoms with E-state index in [1.54, 1.807) is 0 Å². The van der Waals surface area contributed by atoms with Crippen LogP contribution in [0.4, 0.5) is 0 Å². The molecule has 2 aromatic rings. The fourth-order valence-corrected chi connectivity index (χ4v) is 3.69. The van der Waals surface area contributed by atoms with Crippen LogP contribution in [-0.2, 0) is 9.53 Å². The Morgan fingerprint density at radius 3 is 2.48 bits per heavy atom. The molecule has 0 aliphatic carbocycles. The van der Waals surface area contributed by atoms with E-state index in [1.807, 2.05) is 54.4 Å². The molecule has 0 aromatic heterocycles. The lowest BCUT2D eigenvalue weighted by Crippen LogP contribution is -2.42. The summed E-state index contributed by atoms with van der Waals surface area (Å²) in [4.78, 5) is 17.1. The standard InChI is InChI=1S/C22H27ClN2O2/c1-24(11-12-25-13-15-27-16-14-25)22(26)17-20(18-7-3-2-4-8-18)19-9-5-6-10-21(19)23/h2-10,20H,11-17H2,1H3/t20-/m1/s1. The highest BCUT2D eigenvalue weighted by atomic mass is 35.5. The second kappa shape index (κ2) is 9.88. The maximum Gasteiger partial charge on any atom is 0.223 e. The molecule has 27 heavy (non-hydrogen) atoms. The van der Waals surface area contributed by atoms with Crippen molar-refractivity contribution in [2.75, 3.05) is 46.4 Å². The summed E-state index contributed by atoms with van der Waals surface area (Å²) in [6.45, 7) is 5.04. The van der Waals surface area contributed by atoms with Crippen molar-refractivity contribution in [1.82, 2.24) is 9.80 Å². The zero-order chi connectivity index (χ0) is 19.1. The van der Waals surface area contributed by atoms with Gasteiger partial charge in [0.05, 0.1) is 13.2 Å². The van der Waals surface area contributed by atoms with Crippen molar-refractivity contribution in [2.45, 2.75) is 12.3 Å². The van der Waals surface area contributed by atoms with Gasteiger partial charge in [-0.3, -0.25) is 9.69 Å². The largest absolute Gasteiger partial charge is 0.379 e. The molecule has 0 radical (unpaired) electrons. The summed E-state index contributed by atoms with van der Waals surface area (Å²) in [7, 11) is 1.89. The van der Waals surface area contributed by atoms with Crippen LogP contribution in [0, 0.1) is 0 Å². The second-order valence-electron chi connectivity index (χ2n) is 6.96. The minimum absolute atomic E-state index is 0.0433. The molecule has 4 nitrogen and oxygen atoms in total. The van der Waals surface area contributed by atoms with E-state index in [9.17, 15) is 4.79 Å². The molecule has 1 fully saturated rings. The summed E-state index contributed by atoms with van der Waals surface area (Å²) < 4.78 is 5.38. The van der Waals surface area contributed by atoms with Gasteiger partial charge in [0.25, 0.3) is 0 Å². The number of hydrogen-bond donors (Lipinski definition) is 0. The maximum absolute atomic E-state index is 12.9. The highest BCUT2D eigenvalue weighted by Gasteiger charge is 2.22. The monoisotopic (exact) mass is 386 g/mol. The van der Waals surface area contributed by atoms with Crippen molar-refractivity contribution >= 4 is 17.5 Å². The average molecular weight is 387 g/mol. The summed E-state index contributed by atoms with van der Waals surface area (Å²) in [5.41, 5.74) is 2.11. The number of likely N-dealkylation sites (N-methyl/N-ethyl adjacent to an activating group) is 1. The minimum atomic E-state index is -0.0433. The van der Waals surface area contributed by atoms with Gasteiger partial charge in [0.15, 0.2) is 0 Å². The Labute approximate surface area is 166 Å². The fourth-order valence-electron chi connectivity index (χ4n) is 3.42. The van der Waals surface area contributed by atoms with E-state index >= 15 is 0 Å². The van der Waals surface area contributed by atoms with Crippen LogP contribution in [0.3, 0.4) is 0 Å². The van der Waals surface area contributed by atoms with Gasteiger partial charge in [0.2, 0.25) is 5.91 Å². The molecule has 0 spiro atoms. The summed E-state index contributed by atoms with van der Waals surface area (Å²) in [6.07, 6.45) is 0.410. The molecule has 1 aliphatic rings. The fraction of sp³-hybridized carbons (Fsp3) is 0.409. The van der Waals surface area contributed by atoms with Crippen LogP contribution in [0.15, 0.2) is 54.6 Å². The van der Waals surface area contributed by atoms with E-state index in [2.05, 4.69) is 17.0 Å². The van der Waals surface area contributed by atoms with Gasteiger partial charge in [-0.25, -0.2) is 0 Å². The number of amides is 1. The van der Waals surface area contributed by atoms with E-state index in [0.29, 0.717) is 11.4 Å². The van der Waals surface area contributed by atoms with Crippen molar-refractivity contribution in [3.8, 4) is 0 Å². The van der Waals surface area contributed by atoms with Crippen LogP contribution in [0.5, 0.6) is 0 Å². The molecule has 144 valence electrons. The molecule has 0 bridgehead atoms. The van der Waals surface area contributed by atoms with Crippen LogP contribution in [0.25, 0.3) is 0 Å². The zero-order valence-electron chi connectivity index (χ0n) is 15.8. The van der Waals surface area contributed by atoms with Crippen molar-refractivity contribution in [1.29, 1.82) is 0 Å². The van der Waals surface area contributed by atoms with Gasteiger partial charge in [-0.15, -0.1) is 0 Å². The predicted octanol–water partition coefficient (Wildman–Crippen LogP) is 3.65. The van der Waals surface area contributed by atoms with Gasteiger partial charge < -0.3 is 9.64 Å². The molecular formula is C22H27ClN2O2. The quantitative estimate of drug-likeness (QED) is 0.728. The summed E-state index contributed by atoms with van der Waals surface area (Å²) >= 11 is 6.45. The Bertz CT molecular complexity index is 732. The smallest absolute Gasteiger partial charge is 0.223 e. The Morgan fingerprint density at radius 2 is 1.78 bits per heavy atom. The zero-order valence-corrected chi connectivity index (χ0v) is 16.6. The molecule has 1 amide bonds. The average Bonchev–Trinajstić information content (AvgIpc) is 2.72. The minimum Gasteiger partial charge on any atom is -0.379 e. The number of nitrogens with zero attached hydrogens (tertiary/aromatic N) is 2. The number of halogens is 1. The molecular weight excluding hydrogens is 360 g/mol. The molecule has 0 unspecified atom stereocenters. The van der Waals surface area contributed by atoms with Gasteiger partial charge in [0.1, 0.15) is 0 Å². The predicted molar refractivity (Wildman–Crippen MR) is 109 cm³/mol. The van der Waals surface area contributed by atoms with Gasteiger partial charge in [-0.05, 0) is 17.2 Å². The normalized spacial score (nSPS) is 16.1. The Hall–Kier alpha value is -1.88. The molecule has 1 atom stereocenters. The number of benzene rings is 2. The van der Waals surface area contributed by atoms with Gasteiger partial charge in [-0.2, -0.15) is 0 Å². The second-order valence-corrected chi connectivity index (χ2v) is 7.37. The van der Waals surface area contributed by atoms with Crippen LogP contribution in [0.2, 0.25) is 5.02 Å². The SMILES string of the molecule is CN(CCN1CCOCC1)C(=O)C[C@H](c1ccccc1)c1ccccc1Cl. The number of hydrogen-bond acceptors (Lipinski definition) is 3. The molecule has 1 heterocycles. The first-order valence-corrected chi connectivity index (χ1v) is 9.86. The number of rotatable bonds is 7. The maximum atomic E-state index is 12.9. The summed E-state index contributed by atoms with van der Waals surface area (Å²) in [5.74, 6) is 0.0928. The third kappa shape index (κ3) is 5.55. The molecule has 5 heteroatoms. The molecule has 0 N–H and O–H groups in total. The Morgan fingerprint density at radius 1 is 1.11 bits per heavy atom. The molecule has 1 aliphatic heterocycles. The first kappa shape index (κ1) is 19.9. The topological polar surface area (TPSA) is 32.8 Å². The molecule has 1 saturated heterocycles. The molecule has 2 aromatic carbocycles. The number of carbonyl (C=O) groups excluding carboxylic acids is 1. The summed E-state index contributed by atoms with van der Waals surface area (Å²) in [6, 6.07) is 17.9. The van der Waals surface area contributed by atoms with E-state index in [4.69, 9.17) is 16.3 Å². The molecule has 3 rings (SSSR count). The lowest BCUT2D eigenvalue weighted by atomic mass is 9.88. The lowest BCUT2D eigenvalue weighted by molar-refractivity contribution is -0.130. The first-order chi connectivity index (χ1) is 13.1. The van der Waals surface area contributed by atoms with Gasteiger partial charge in [0, 0.05) is 50.6 Å². The summed E-state index contributed by atoms with van der Waals surface area (Å²) in [5, 5.41) is 0.704. The van der Waals surface area contributed by atoms with Gasteiger partial charge >= 0.3 is 0 Å². The van der Waals surface area contributed by atoms with Crippen molar-refractivity contribution < 1.29 is 9.53 Å². The van der Waals surface area contributed by atoms with Crippen LogP contribution in [-0.4, -0.2) is 62.1 Å². The highest BCUT2D eigenvalue weighted by molar-refractivity contribution is 6.31. The number of ether oxygens (including phenoxy) is 1. The van der Waals surface area contributed by atoms with Crippen LogP contribution < -0.4 is 0 Å².